The molecule has 0 saturated heterocycles. The van der Waals surface area contributed by atoms with E-state index in [0.29, 0.717) is 0 Å². The first kappa shape index (κ1) is 16.2. The summed E-state index contributed by atoms with van der Waals surface area (Å²) >= 11 is 0. The van der Waals surface area contributed by atoms with Gasteiger partial charge in [0, 0.05) is 5.54 Å². The number of ether oxygens (including phenoxy) is 2. The third-order valence-corrected chi connectivity index (χ3v) is 4.89. The second kappa shape index (κ2) is 7.17. The van der Waals surface area contributed by atoms with Gasteiger partial charge in [0.05, 0.1) is 14.2 Å². The molecule has 1 fully saturated rings. The van der Waals surface area contributed by atoms with Crippen molar-refractivity contribution in [3.8, 4) is 11.5 Å². The van der Waals surface area contributed by atoms with Crippen LogP contribution in [0.2, 0.25) is 0 Å². The van der Waals surface area contributed by atoms with Crippen LogP contribution in [-0.4, -0.2) is 14.2 Å². The van der Waals surface area contributed by atoms with Crippen LogP contribution in [0.3, 0.4) is 0 Å². The summed E-state index contributed by atoms with van der Waals surface area (Å²) in [5, 5.41) is 0. The molecule has 2 atom stereocenters. The molecular weight excluding hydrogens is 262 g/mol. The fourth-order valence-electron chi connectivity index (χ4n) is 3.57. The molecule has 1 aliphatic rings. The van der Waals surface area contributed by atoms with E-state index >= 15 is 0 Å². The van der Waals surface area contributed by atoms with Crippen molar-refractivity contribution in [1.29, 1.82) is 0 Å². The number of rotatable bonds is 5. The van der Waals surface area contributed by atoms with Gasteiger partial charge in [0.2, 0.25) is 0 Å². The van der Waals surface area contributed by atoms with E-state index in [1.165, 1.54) is 37.7 Å². The Hall–Kier alpha value is -1.22. The van der Waals surface area contributed by atoms with Crippen molar-refractivity contribution in [2.45, 2.75) is 57.4 Å². The molecule has 2 rings (SSSR count). The van der Waals surface area contributed by atoms with Gasteiger partial charge in [-0.25, -0.2) is 0 Å². The molecule has 0 aliphatic heterocycles. The summed E-state index contributed by atoms with van der Waals surface area (Å²) < 4.78 is 10.7. The lowest BCUT2D eigenvalue weighted by molar-refractivity contribution is 0.345. The van der Waals surface area contributed by atoms with E-state index in [1.807, 2.05) is 6.07 Å². The van der Waals surface area contributed by atoms with Crippen molar-refractivity contribution >= 4 is 0 Å². The molecule has 118 valence electrons. The van der Waals surface area contributed by atoms with Crippen LogP contribution in [0, 0.1) is 5.92 Å². The normalized spacial score (nSPS) is 26.2. The second-order valence-corrected chi connectivity index (χ2v) is 6.31. The maximum Gasteiger partial charge on any atom is 0.161 e. The summed E-state index contributed by atoms with van der Waals surface area (Å²) in [5.74, 6) is 2.39. The van der Waals surface area contributed by atoms with Crippen LogP contribution >= 0.6 is 0 Å². The van der Waals surface area contributed by atoms with Crippen LogP contribution in [0.25, 0.3) is 0 Å². The maximum absolute atomic E-state index is 6.76. The molecule has 2 N–H and O–H groups in total. The van der Waals surface area contributed by atoms with Crippen LogP contribution in [0.1, 0.15) is 57.4 Å². The molecule has 2 unspecified atom stereocenters. The Bertz CT molecular complexity index is 461. The third kappa shape index (κ3) is 3.70. The quantitative estimate of drug-likeness (QED) is 0.825. The van der Waals surface area contributed by atoms with E-state index in [9.17, 15) is 0 Å². The monoisotopic (exact) mass is 291 g/mol. The van der Waals surface area contributed by atoms with Gasteiger partial charge in [-0.2, -0.15) is 0 Å². The average molecular weight is 291 g/mol. The molecule has 1 saturated carbocycles. The Morgan fingerprint density at radius 3 is 2.57 bits per heavy atom. The van der Waals surface area contributed by atoms with Crippen LogP contribution in [0.5, 0.6) is 11.5 Å². The van der Waals surface area contributed by atoms with Crippen LogP contribution in [0.15, 0.2) is 18.2 Å². The van der Waals surface area contributed by atoms with Gasteiger partial charge in [-0.3, -0.25) is 0 Å². The van der Waals surface area contributed by atoms with Crippen LogP contribution in [0.4, 0.5) is 0 Å². The summed E-state index contributed by atoms with van der Waals surface area (Å²) in [5.41, 5.74) is 7.72. The van der Waals surface area contributed by atoms with Crippen LogP contribution in [-0.2, 0) is 5.54 Å². The maximum atomic E-state index is 6.76. The van der Waals surface area contributed by atoms with Gasteiger partial charge in [-0.1, -0.05) is 38.7 Å². The van der Waals surface area contributed by atoms with Crippen molar-refractivity contribution in [3.05, 3.63) is 23.8 Å². The van der Waals surface area contributed by atoms with Crippen molar-refractivity contribution < 1.29 is 9.47 Å². The summed E-state index contributed by atoms with van der Waals surface area (Å²) in [6.07, 6.45) is 8.50. The predicted octanol–water partition coefficient (Wildman–Crippen LogP) is 4.24. The van der Waals surface area contributed by atoms with E-state index < -0.39 is 0 Å². The molecule has 1 aromatic rings. The molecule has 0 amide bonds. The zero-order valence-corrected chi connectivity index (χ0v) is 13.7. The standard InChI is InChI=1S/C18H29NO2/c1-4-6-14-7-5-11-18(19,12-10-14)15-8-9-16(20-2)17(13-15)21-3/h8-9,13-14H,4-7,10-12,19H2,1-3H3. The van der Waals surface area contributed by atoms with Gasteiger partial charge in [-0.05, 0) is 42.9 Å². The molecule has 0 spiro atoms. The first-order valence-corrected chi connectivity index (χ1v) is 8.14. The van der Waals surface area contributed by atoms with E-state index in [-0.39, 0.29) is 5.54 Å². The zero-order valence-electron chi connectivity index (χ0n) is 13.7. The van der Waals surface area contributed by atoms with Crippen molar-refractivity contribution in [2.75, 3.05) is 14.2 Å². The minimum Gasteiger partial charge on any atom is -0.493 e. The average Bonchev–Trinajstić information content (AvgIpc) is 2.70. The Balaban J connectivity index is 2.19. The molecule has 21 heavy (non-hydrogen) atoms. The number of benzene rings is 1. The summed E-state index contributed by atoms with van der Waals surface area (Å²) in [7, 11) is 3.34. The van der Waals surface area contributed by atoms with Gasteiger partial charge >= 0.3 is 0 Å². The summed E-state index contributed by atoms with van der Waals surface area (Å²) in [6, 6.07) is 6.12. The Kier molecular flexibility index (Phi) is 5.51. The second-order valence-electron chi connectivity index (χ2n) is 6.31. The van der Waals surface area contributed by atoms with E-state index in [1.54, 1.807) is 14.2 Å². The van der Waals surface area contributed by atoms with E-state index in [2.05, 4.69) is 19.1 Å². The number of hydrogen-bond donors (Lipinski definition) is 1. The molecule has 0 aromatic heterocycles. The highest BCUT2D eigenvalue weighted by molar-refractivity contribution is 5.45. The molecule has 1 aromatic carbocycles. The van der Waals surface area contributed by atoms with Gasteiger partial charge in [0.15, 0.2) is 11.5 Å². The van der Waals surface area contributed by atoms with Crippen molar-refractivity contribution in [3.63, 3.8) is 0 Å². The number of hydrogen-bond acceptors (Lipinski definition) is 3. The van der Waals surface area contributed by atoms with Gasteiger partial charge < -0.3 is 15.2 Å². The topological polar surface area (TPSA) is 44.5 Å². The smallest absolute Gasteiger partial charge is 0.161 e. The predicted molar refractivity (Wildman–Crippen MR) is 86.9 cm³/mol. The fourth-order valence-corrected chi connectivity index (χ4v) is 3.57. The van der Waals surface area contributed by atoms with Gasteiger partial charge in [0.25, 0.3) is 0 Å². The summed E-state index contributed by atoms with van der Waals surface area (Å²) in [6.45, 7) is 2.27. The van der Waals surface area contributed by atoms with Gasteiger partial charge in [-0.15, -0.1) is 0 Å². The van der Waals surface area contributed by atoms with Crippen molar-refractivity contribution in [2.24, 2.45) is 11.7 Å². The zero-order chi connectivity index (χ0) is 15.3. The lowest BCUT2D eigenvalue weighted by Crippen LogP contribution is -2.36. The van der Waals surface area contributed by atoms with E-state index in [0.717, 1.165) is 30.3 Å². The Morgan fingerprint density at radius 1 is 1.14 bits per heavy atom. The lowest BCUT2D eigenvalue weighted by Gasteiger charge is -2.29. The van der Waals surface area contributed by atoms with Gasteiger partial charge in [0.1, 0.15) is 0 Å². The fraction of sp³-hybridized carbons (Fsp3) is 0.667. The first-order valence-electron chi connectivity index (χ1n) is 8.14. The molecule has 3 heteroatoms. The summed E-state index contributed by atoms with van der Waals surface area (Å²) in [4.78, 5) is 0. The largest absolute Gasteiger partial charge is 0.493 e. The van der Waals surface area contributed by atoms with Crippen LogP contribution < -0.4 is 15.2 Å². The Morgan fingerprint density at radius 2 is 1.90 bits per heavy atom. The highest BCUT2D eigenvalue weighted by Gasteiger charge is 2.31. The van der Waals surface area contributed by atoms with E-state index in [4.69, 9.17) is 15.2 Å². The van der Waals surface area contributed by atoms with Crippen molar-refractivity contribution in [1.82, 2.24) is 0 Å². The molecule has 1 aliphatic carbocycles. The molecular formula is C18H29NO2. The number of nitrogens with two attached hydrogens (primary N) is 1. The highest BCUT2D eigenvalue weighted by Crippen LogP contribution is 2.40. The first-order chi connectivity index (χ1) is 10.1. The SMILES string of the molecule is CCCC1CCCC(N)(c2ccc(OC)c(OC)c2)CC1. The lowest BCUT2D eigenvalue weighted by atomic mass is 9.83. The minimum absolute atomic E-state index is 0.220. The number of methoxy groups -OCH3 is 2. The highest BCUT2D eigenvalue weighted by atomic mass is 16.5. The minimum atomic E-state index is -0.220. The molecule has 0 heterocycles. The molecule has 3 nitrogen and oxygen atoms in total. The molecule has 0 radical (unpaired) electrons. The molecule has 0 bridgehead atoms. The third-order valence-electron chi connectivity index (χ3n) is 4.89. The Labute approximate surface area is 128 Å².